The van der Waals surface area contributed by atoms with Crippen LogP contribution in [-0.2, 0) is 9.45 Å². The molecule has 0 atom stereocenters. The summed E-state index contributed by atoms with van der Waals surface area (Å²) in [5, 5.41) is 6.29. The lowest BCUT2D eigenvalue weighted by molar-refractivity contribution is -0.106. The zero-order valence-electron chi connectivity index (χ0n) is 3.76. The smallest absolute Gasteiger partial charge is 0.378 e. The summed E-state index contributed by atoms with van der Waals surface area (Å²) in [5.74, 6) is 0. The highest BCUT2D eigenvalue weighted by molar-refractivity contribution is 6.33. The van der Waals surface area contributed by atoms with E-state index in [1.807, 2.05) is 0 Å². The predicted octanol–water partition coefficient (Wildman–Crippen LogP) is -0.154. The van der Waals surface area contributed by atoms with Gasteiger partial charge in [-0.1, -0.05) is 0 Å². The van der Waals surface area contributed by atoms with Gasteiger partial charge >= 0.3 is 7.48 Å². The Balaban J connectivity index is 2.68. The van der Waals surface area contributed by atoms with Crippen molar-refractivity contribution in [3.63, 3.8) is 0 Å². The summed E-state index contributed by atoms with van der Waals surface area (Å²) in [6.07, 6.45) is 1.71. The van der Waals surface area contributed by atoms with Crippen LogP contribution in [0.5, 0.6) is 0 Å². The van der Waals surface area contributed by atoms with Gasteiger partial charge in [0, 0.05) is 6.32 Å². The molecule has 0 unspecified atom stereocenters. The Kier molecular flexibility index (Phi) is 4.61. The second-order valence-electron chi connectivity index (χ2n) is 0.823. The Morgan fingerprint density at radius 2 is 2.57 bits per heavy atom. The summed E-state index contributed by atoms with van der Waals surface area (Å²) < 4.78 is 4.26. The van der Waals surface area contributed by atoms with Crippen LogP contribution in [0.15, 0.2) is 0 Å². The molecule has 0 aromatic heterocycles. The molecule has 0 aliphatic carbocycles. The fourth-order valence-corrected chi connectivity index (χ4v) is 0.143. The molecule has 1 N–H and O–H groups in total. The third kappa shape index (κ3) is 5.20. The van der Waals surface area contributed by atoms with Gasteiger partial charge in [-0.3, -0.25) is 5.41 Å². The highest BCUT2D eigenvalue weighted by atomic mass is 16.4. The fourth-order valence-electron chi connectivity index (χ4n) is 0.143. The molecule has 0 fully saturated rings. The molecular formula is C3H5BNO2. The lowest BCUT2D eigenvalue weighted by atomic mass is 9.97. The van der Waals surface area contributed by atoms with E-state index in [1.54, 1.807) is 0 Å². The summed E-state index contributed by atoms with van der Waals surface area (Å²) in [4.78, 5) is 9.49. The normalized spacial score (nSPS) is 6.86. The van der Waals surface area contributed by atoms with Gasteiger partial charge in [-0.2, -0.15) is 0 Å². The first-order valence-corrected chi connectivity index (χ1v) is 1.81. The van der Waals surface area contributed by atoms with Crippen LogP contribution in [0.2, 0.25) is 6.32 Å². The summed E-state index contributed by atoms with van der Waals surface area (Å²) in [6.45, 7) is 0. The van der Waals surface area contributed by atoms with Gasteiger partial charge in [0.1, 0.15) is 12.7 Å². The Morgan fingerprint density at radius 3 is 3.00 bits per heavy atom. The molecule has 0 aliphatic rings. The van der Waals surface area contributed by atoms with Crippen LogP contribution >= 0.6 is 0 Å². The third-order valence-corrected chi connectivity index (χ3v) is 0.357. The maximum absolute atomic E-state index is 9.49. The van der Waals surface area contributed by atoms with Crippen molar-refractivity contribution < 1.29 is 9.45 Å². The standard InChI is InChI=1S/C3H5BNO2/c5-3-7-4-1-2-6/h2-3,5H,1H2. The van der Waals surface area contributed by atoms with Crippen LogP contribution in [0, 0.1) is 5.41 Å². The number of hydrogen-bond donors (Lipinski definition) is 1. The number of hydrogen-bond acceptors (Lipinski definition) is 3. The van der Waals surface area contributed by atoms with E-state index in [2.05, 4.69) is 4.65 Å². The van der Waals surface area contributed by atoms with E-state index in [-0.39, 0.29) is 6.32 Å². The monoisotopic (exact) mass is 98.0 g/mol. The molecule has 0 aromatic rings. The average Bonchev–Trinajstić information content (AvgIpc) is 1.69. The first-order chi connectivity index (χ1) is 3.41. The molecule has 4 heteroatoms. The van der Waals surface area contributed by atoms with E-state index in [4.69, 9.17) is 5.41 Å². The summed E-state index contributed by atoms with van der Waals surface area (Å²) >= 11 is 0. The molecule has 0 amide bonds. The van der Waals surface area contributed by atoms with Gasteiger partial charge in [-0.15, -0.1) is 0 Å². The van der Waals surface area contributed by atoms with Crippen molar-refractivity contribution in [2.24, 2.45) is 0 Å². The molecule has 0 spiro atoms. The minimum Gasteiger partial charge on any atom is -0.555 e. The van der Waals surface area contributed by atoms with Gasteiger partial charge < -0.3 is 9.45 Å². The van der Waals surface area contributed by atoms with Crippen molar-refractivity contribution in [2.75, 3.05) is 0 Å². The molecule has 0 rings (SSSR count). The van der Waals surface area contributed by atoms with Crippen LogP contribution in [0.3, 0.4) is 0 Å². The molecular weight excluding hydrogens is 92.8 g/mol. The van der Waals surface area contributed by atoms with Gasteiger partial charge in [0.25, 0.3) is 0 Å². The second-order valence-corrected chi connectivity index (χ2v) is 0.823. The highest BCUT2D eigenvalue weighted by Crippen LogP contribution is 1.67. The molecule has 7 heavy (non-hydrogen) atoms. The Hall–Kier alpha value is -0.795. The van der Waals surface area contributed by atoms with E-state index >= 15 is 0 Å². The molecule has 1 radical (unpaired) electrons. The first-order valence-electron chi connectivity index (χ1n) is 1.81. The molecule has 37 valence electrons. The van der Waals surface area contributed by atoms with Crippen molar-refractivity contribution in [3.8, 4) is 0 Å². The van der Waals surface area contributed by atoms with Crippen LogP contribution < -0.4 is 0 Å². The number of rotatable bonds is 4. The van der Waals surface area contributed by atoms with E-state index < -0.39 is 0 Å². The molecule has 3 nitrogen and oxygen atoms in total. The average molecular weight is 97.9 g/mol. The number of carbonyl (C=O) groups is 1. The zero-order valence-corrected chi connectivity index (χ0v) is 3.76. The topological polar surface area (TPSA) is 50.1 Å². The molecule has 0 bridgehead atoms. The Morgan fingerprint density at radius 1 is 1.86 bits per heavy atom. The lowest BCUT2D eigenvalue weighted by Gasteiger charge is -1.85. The third-order valence-electron chi connectivity index (χ3n) is 0.357. The van der Waals surface area contributed by atoms with E-state index in [0.717, 1.165) is 6.40 Å². The van der Waals surface area contributed by atoms with Gasteiger partial charge in [0.15, 0.2) is 0 Å². The van der Waals surface area contributed by atoms with Crippen LogP contribution in [0.1, 0.15) is 0 Å². The van der Waals surface area contributed by atoms with Crippen molar-refractivity contribution in [1.29, 1.82) is 5.41 Å². The predicted molar refractivity (Wildman–Crippen MR) is 26.5 cm³/mol. The Labute approximate surface area is 42.5 Å². The lowest BCUT2D eigenvalue weighted by Crippen LogP contribution is -1.94. The van der Waals surface area contributed by atoms with Crippen LogP contribution in [-0.4, -0.2) is 20.2 Å². The minimum absolute atomic E-state index is 0.245. The van der Waals surface area contributed by atoms with Crippen molar-refractivity contribution >= 4 is 20.2 Å². The first kappa shape index (κ1) is 6.20. The molecule has 0 saturated heterocycles. The highest BCUT2D eigenvalue weighted by Gasteiger charge is 1.84. The Bertz CT molecular complexity index is 58.0. The van der Waals surface area contributed by atoms with Crippen molar-refractivity contribution in [2.45, 2.75) is 6.32 Å². The number of aldehydes is 1. The quantitative estimate of drug-likeness (QED) is 0.175. The minimum atomic E-state index is 0.245. The zero-order chi connectivity index (χ0) is 5.54. The van der Waals surface area contributed by atoms with E-state index in [1.165, 1.54) is 7.48 Å². The molecule has 0 aromatic carbocycles. The van der Waals surface area contributed by atoms with E-state index in [0.29, 0.717) is 6.29 Å². The maximum atomic E-state index is 9.49. The van der Waals surface area contributed by atoms with Crippen LogP contribution in [0.4, 0.5) is 0 Å². The summed E-state index contributed by atoms with van der Waals surface area (Å²) in [7, 11) is 1.25. The molecule has 0 saturated carbocycles. The molecule has 0 aliphatic heterocycles. The largest absolute Gasteiger partial charge is 0.555 e. The van der Waals surface area contributed by atoms with Gasteiger partial charge in [0.2, 0.25) is 0 Å². The summed E-state index contributed by atoms with van der Waals surface area (Å²) in [5.41, 5.74) is 0. The fraction of sp³-hybridized carbons (Fsp3) is 0.333. The van der Waals surface area contributed by atoms with Gasteiger partial charge in [0.05, 0.1) is 0 Å². The van der Waals surface area contributed by atoms with E-state index in [9.17, 15) is 4.79 Å². The van der Waals surface area contributed by atoms with Gasteiger partial charge in [-0.05, 0) is 0 Å². The number of nitrogens with one attached hydrogen (secondary N) is 1. The SMILES string of the molecule is N=CO[B]CC=O. The number of carbonyl (C=O) groups excluding carboxylic acids is 1. The summed E-state index contributed by atoms with van der Waals surface area (Å²) in [6, 6.07) is 0. The van der Waals surface area contributed by atoms with Crippen molar-refractivity contribution in [1.82, 2.24) is 0 Å². The maximum Gasteiger partial charge on any atom is 0.378 e. The second kappa shape index (κ2) is 5.20. The van der Waals surface area contributed by atoms with Crippen LogP contribution in [0.25, 0.3) is 0 Å². The van der Waals surface area contributed by atoms with Crippen molar-refractivity contribution in [3.05, 3.63) is 0 Å². The molecule has 0 heterocycles. The van der Waals surface area contributed by atoms with Gasteiger partial charge in [-0.25, -0.2) is 0 Å².